The van der Waals surface area contributed by atoms with E-state index in [0.717, 1.165) is 5.52 Å². The van der Waals surface area contributed by atoms with Gasteiger partial charge in [0.1, 0.15) is 11.3 Å². The van der Waals surface area contributed by atoms with Crippen molar-refractivity contribution in [1.29, 1.82) is 0 Å². The van der Waals surface area contributed by atoms with Crippen LogP contribution in [-0.4, -0.2) is 19.7 Å². The minimum atomic E-state index is -0.286. The highest BCUT2D eigenvalue weighted by molar-refractivity contribution is 5.69. The van der Waals surface area contributed by atoms with Crippen molar-refractivity contribution in [1.82, 2.24) is 19.7 Å². The Bertz CT molecular complexity index is 582. The maximum atomic E-state index is 13.0. The number of aromatic nitrogens is 4. The van der Waals surface area contributed by atoms with Gasteiger partial charge in [0.2, 0.25) is 0 Å². The Morgan fingerprint density at radius 2 is 2.33 bits per heavy atom. The van der Waals surface area contributed by atoms with Gasteiger partial charge in [-0.15, -0.1) is 5.10 Å². The first kappa shape index (κ1) is 8.16. The molecule has 15 heavy (non-hydrogen) atoms. The van der Waals surface area contributed by atoms with Crippen molar-refractivity contribution in [2.45, 2.75) is 0 Å². The third-order valence-corrected chi connectivity index (χ3v) is 2.12. The second-order valence-corrected chi connectivity index (χ2v) is 3.14. The first-order chi connectivity index (χ1) is 7.33. The number of rotatable bonds is 1. The van der Waals surface area contributed by atoms with E-state index >= 15 is 0 Å². The Morgan fingerprint density at radius 1 is 1.40 bits per heavy atom. The fourth-order valence-corrected chi connectivity index (χ4v) is 1.43. The zero-order chi connectivity index (χ0) is 10.3. The fourth-order valence-electron chi connectivity index (χ4n) is 1.43. The molecule has 3 rings (SSSR count). The Labute approximate surface area is 84.4 Å². The van der Waals surface area contributed by atoms with Gasteiger partial charge in [0.25, 0.3) is 0 Å². The number of nitrogens with zero attached hydrogens (tertiary/aromatic N) is 3. The van der Waals surface area contributed by atoms with Crippen LogP contribution in [0.1, 0.15) is 0 Å². The average Bonchev–Trinajstić information content (AvgIpc) is 2.76. The van der Waals surface area contributed by atoms with Crippen LogP contribution in [0.25, 0.3) is 16.9 Å². The highest BCUT2D eigenvalue weighted by Crippen LogP contribution is 2.12. The molecule has 0 atom stereocenters. The fraction of sp³-hybridized carbons (Fsp3) is 0. The summed E-state index contributed by atoms with van der Waals surface area (Å²) in [5.74, 6) is -0.286. The molecule has 1 aromatic carbocycles. The molecule has 4 nitrogen and oxygen atoms in total. The van der Waals surface area contributed by atoms with Crippen molar-refractivity contribution in [3.8, 4) is 5.69 Å². The summed E-state index contributed by atoms with van der Waals surface area (Å²) in [6.07, 6.45) is 4.33. The third kappa shape index (κ3) is 1.28. The molecule has 2 heterocycles. The van der Waals surface area contributed by atoms with E-state index in [2.05, 4.69) is 21.4 Å². The summed E-state index contributed by atoms with van der Waals surface area (Å²) in [5.41, 5.74) is 2.01. The van der Waals surface area contributed by atoms with E-state index in [1.54, 1.807) is 23.0 Å². The van der Waals surface area contributed by atoms with Crippen molar-refractivity contribution in [3.63, 3.8) is 0 Å². The van der Waals surface area contributed by atoms with Gasteiger partial charge in [0, 0.05) is 0 Å². The SMILES string of the molecule is Fc1cccc(-n2cc3[nH][c]nc3n2)c1. The Balaban J connectivity index is 2.17. The lowest BCUT2D eigenvalue weighted by Gasteiger charge is -1.99. The van der Waals surface area contributed by atoms with Gasteiger partial charge in [-0.25, -0.2) is 14.1 Å². The van der Waals surface area contributed by atoms with Crippen molar-refractivity contribution < 1.29 is 4.39 Å². The van der Waals surface area contributed by atoms with Gasteiger partial charge >= 0.3 is 0 Å². The molecule has 0 aliphatic rings. The molecule has 2 aromatic heterocycles. The van der Waals surface area contributed by atoms with Gasteiger partial charge in [-0.05, 0) is 18.2 Å². The monoisotopic (exact) mass is 201 g/mol. The molecule has 0 saturated heterocycles. The molecule has 1 N–H and O–H groups in total. The largest absolute Gasteiger partial charge is 0.333 e. The van der Waals surface area contributed by atoms with Gasteiger partial charge < -0.3 is 4.98 Å². The van der Waals surface area contributed by atoms with Crippen LogP contribution in [0.15, 0.2) is 30.5 Å². The first-order valence-electron chi connectivity index (χ1n) is 4.40. The van der Waals surface area contributed by atoms with Gasteiger partial charge in [-0.2, -0.15) is 0 Å². The molecule has 0 spiro atoms. The quantitative estimate of drug-likeness (QED) is 0.651. The van der Waals surface area contributed by atoms with Crippen LogP contribution in [-0.2, 0) is 0 Å². The zero-order valence-electron chi connectivity index (χ0n) is 7.61. The minimum Gasteiger partial charge on any atom is -0.333 e. The van der Waals surface area contributed by atoms with Crippen molar-refractivity contribution in [3.05, 3.63) is 42.6 Å². The summed E-state index contributed by atoms with van der Waals surface area (Å²) in [6.45, 7) is 0. The van der Waals surface area contributed by atoms with E-state index in [-0.39, 0.29) is 5.82 Å². The molecule has 0 saturated carbocycles. The molecular formula is C10H6FN4. The van der Waals surface area contributed by atoms with E-state index in [0.29, 0.717) is 11.3 Å². The van der Waals surface area contributed by atoms with Crippen LogP contribution in [0, 0.1) is 12.1 Å². The summed E-state index contributed by atoms with van der Waals surface area (Å²) in [7, 11) is 0. The number of halogens is 1. The molecule has 0 aliphatic carbocycles. The van der Waals surface area contributed by atoms with E-state index in [1.165, 1.54) is 12.1 Å². The minimum absolute atomic E-state index is 0.286. The van der Waals surface area contributed by atoms with Crippen LogP contribution in [0.2, 0.25) is 0 Å². The summed E-state index contributed by atoms with van der Waals surface area (Å²) in [6, 6.07) is 6.22. The molecule has 0 bridgehead atoms. The smallest absolute Gasteiger partial charge is 0.200 e. The lowest BCUT2D eigenvalue weighted by Crippen LogP contribution is -1.94. The van der Waals surface area contributed by atoms with Crippen LogP contribution >= 0.6 is 0 Å². The van der Waals surface area contributed by atoms with E-state index in [1.807, 2.05) is 0 Å². The number of hydrogen-bond acceptors (Lipinski definition) is 2. The lowest BCUT2D eigenvalue weighted by molar-refractivity contribution is 0.625. The van der Waals surface area contributed by atoms with Crippen LogP contribution in [0.3, 0.4) is 0 Å². The summed E-state index contributed by atoms with van der Waals surface area (Å²) < 4.78 is 14.5. The number of nitrogens with one attached hydrogen (secondary N) is 1. The van der Waals surface area contributed by atoms with Crippen molar-refractivity contribution in [2.75, 3.05) is 0 Å². The van der Waals surface area contributed by atoms with Crippen molar-refractivity contribution in [2.24, 2.45) is 0 Å². The standard InChI is InChI=1S/C10H6FN4/c11-7-2-1-3-8(4-7)15-5-9-10(14-15)13-6-12-9/h1-5H,(H,12,13,14). The number of H-pyrrole nitrogens is 1. The van der Waals surface area contributed by atoms with Gasteiger partial charge in [-0.3, -0.25) is 0 Å². The summed E-state index contributed by atoms with van der Waals surface area (Å²) in [5, 5.41) is 4.16. The van der Waals surface area contributed by atoms with Crippen LogP contribution < -0.4 is 0 Å². The number of hydrogen-bond donors (Lipinski definition) is 1. The molecule has 73 valence electrons. The molecule has 0 aliphatic heterocycles. The molecule has 5 heteroatoms. The van der Waals surface area contributed by atoms with Crippen LogP contribution in [0.4, 0.5) is 4.39 Å². The predicted molar refractivity (Wildman–Crippen MR) is 52.0 cm³/mol. The average molecular weight is 201 g/mol. The molecule has 0 amide bonds. The maximum Gasteiger partial charge on any atom is 0.200 e. The molecule has 3 aromatic rings. The molecule has 0 fully saturated rings. The van der Waals surface area contributed by atoms with Crippen molar-refractivity contribution >= 4 is 11.2 Å². The second kappa shape index (κ2) is 2.91. The third-order valence-electron chi connectivity index (χ3n) is 2.12. The normalized spacial score (nSPS) is 11.0. The predicted octanol–water partition coefficient (Wildman–Crippen LogP) is 1.69. The van der Waals surface area contributed by atoms with Gasteiger partial charge in [-0.1, -0.05) is 6.07 Å². The van der Waals surface area contributed by atoms with E-state index < -0.39 is 0 Å². The van der Waals surface area contributed by atoms with E-state index in [4.69, 9.17) is 0 Å². The van der Waals surface area contributed by atoms with Crippen LogP contribution in [0.5, 0.6) is 0 Å². The first-order valence-corrected chi connectivity index (χ1v) is 4.40. The zero-order valence-corrected chi connectivity index (χ0v) is 7.61. The van der Waals surface area contributed by atoms with Gasteiger partial charge in [0.15, 0.2) is 12.0 Å². The Morgan fingerprint density at radius 3 is 3.13 bits per heavy atom. The topological polar surface area (TPSA) is 46.5 Å². The molecular weight excluding hydrogens is 195 g/mol. The molecule has 1 radical (unpaired) electrons. The highest BCUT2D eigenvalue weighted by Gasteiger charge is 2.04. The van der Waals surface area contributed by atoms with E-state index in [9.17, 15) is 4.39 Å². The Kier molecular flexibility index (Phi) is 1.58. The lowest BCUT2D eigenvalue weighted by atomic mass is 10.3. The summed E-state index contributed by atoms with van der Waals surface area (Å²) in [4.78, 5) is 6.69. The molecule has 0 unspecified atom stereocenters. The number of imidazole rings is 1. The highest BCUT2D eigenvalue weighted by atomic mass is 19.1. The number of fused-ring (bicyclic) bond motifs is 1. The second-order valence-electron chi connectivity index (χ2n) is 3.14. The number of aromatic amines is 1. The summed E-state index contributed by atoms with van der Waals surface area (Å²) >= 11 is 0. The number of benzene rings is 1. The maximum absolute atomic E-state index is 13.0. The van der Waals surface area contributed by atoms with Gasteiger partial charge in [0.05, 0.1) is 11.9 Å². The Hall–Kier alpha value is -2.17.